The number of nitrogens with one attached hydrogen (secondary N) is 1. The SMILES string of the molecule is CCCCCCCCC/C=C\CCCCCCCC(=O)NC(COP(=O)([O-])OCC[N+](C)(C)C)C(O)/C=C/CCCCCCCCCCCCCCCCCCCCCCC. The Morgan fingerprint density at radius 1 is 0.557 bits per heavy atom. The molecule has 1 amide bonds. The van der Waals surface area contributed by atoms with Crippen molar-refractivity contribution in [2.24, 2.45) is 0 Å². The maximum absolute atomic E-state index is 12.9. The first kappa shape index (κ1) is 60.0. The van der Waals surface area contributed by atoms with Gasteiger partial charge in [0.1, 0.15) is 13.2 Å². The van der Waals surface area contributed by atoms with Crippen molar-refractivity contribution in [1.29, 1.82) is 0 Å². The topological polar surface area (TPSA) is 108 Å². The second-order valence-electron chi connectivity index (χ2n) is 19.2. The fourth-order valence-electron chi connectivity index (χ4n) is 7.74. The summed E-state index contributed by atoms with van der Waals surface area (Å²) in [6.07, 6.45) is 53.8. The van der Waals surface area contributed by atoms with Gasteiger partial charge in [0, 0.05) is 6.42 Å². The van der Waals surface area contributed by atoms with E-state index in [1.54, 1.807) is 6.08 Å². The van der Waals surface area contributed by atoms with Crippen LogP contribution in [0.3, 0.4) is 0 Å². The molecule has 0 bridgehead atoms. The Labute approximate surface area is 379 Å². The molecule has 0 fully saturated rings. The molecule has 0 aliphatic rings. The normalized spacial score (nSPS) is 14.3. The van der Waals surface area contributed by atoms with Crippen LogP contribution in [-0.4, -0.2) is 68.5 Å². The van der Waals surface area contributed by atoms with Crippen LogP contribution >= 0.6 is 7.82 Å². The van der Waals surface area contributed by atoms with Crippen molar-refractivity contribution in [3.63, 3.8) is 0 Å². The molecular formula is C52H103N2O6P. The van der Waals surface area contributed by atoms with Gasteiger partial charge < -0.3 is 28.8 Å². The fraction of sp³-hybridized carbons (Fsp3) is 0.904. The number of hydrogen-bond acceptors (Lipinski definition) is 6. The number of phosphoric ester groups is 1. The lowest BCUT2D eigenvalue weighted by Crippen LogP contribution is -2.45. The molecule has 0 heterocycles. The van der Waals surface area contributed by atoms with Crippen molar-refractivity contribution in [2.45, 2.75) is 264 Å². The molecule has 0 aliphatic carbocycles. The van der Waals surface area contributed by atoms with E-state index in [0.29, 0.717) is 17.4 Å². The highest BCUT2D eigenvalue weighted by Gasteiger charge is 2.23. The van der Waals surface area contributed by atoms with Gasteiger partial charge in [-0.15, -0.1) is 0 Å². The van der Waals surface area contributed by atoms with Crippen molar-refractivity contribution in [2.75, 3.05) is 40.9 Å². The minimum Gasteiger partial charge on any atom is -0.756 e. The van der Waals surface area contributed by atoms with Gasteiger partial charge in [-0.05, 0) is 44.9 Å². The van der Waals surface area contributed by atoms with Gasteiger partial charge in [0.15, 0.2) is 0 Å². The molecular weight excluding hydrogens is 780 g/mol. The highest BCUT2D eigenvalue weighted by Crippen LogP contribution is 2.38. The van der Waals surface area contributed by atoms with Crippen molar-refractivity contribution in [3.05, 3.63) is 24.3 Å². The minimum absolute atomic E-state index is 0.00118. The molecule has 0 aromatic carbocycles. The van der Waals surface area contributed by atoms with E-state index in [0.717, 1.165) is 51.4 Å². The molecule has 61 heavy (non-hydrogen) atoms. The number of phosphoric acid groups is 1. The summed E-state index contributed by atoms with van der Waals surface area (Å²) >= 11 is 0. The second kappa shape index (κ2) is 44.2. The van der Waals surface area contributed by atoms with Crippen molar-refractivity contribution in [1.82, 2.24) is 5.32 Å². The Kier molecular flexibility index (Phi) is 43.5. The van der Waals surface area contributed by atoms with Crippen LogP contribution in [0, 0.1) is 0 Å². The van der Waals surface area contributed by atoms with E-state index in [1.807, 2.05) is 27.2 Å². The first-order valence-corrected chi connectivity index (χ1v) is 27.7. The lowest BCUT2D eigenvalue weighted by atomic mass is 10.0. The standard InChI is InChI=1S/C52H103N2O6P/c1-6-8-10-12-14-16-18-20-22-24-25-26-27-28-29-30-31-33-35-37-39-41-43-45-51(55)50(49-60-61(57,58)59-48-47-54(3,4)5)53-52(56)46-44-42-40-38-36-34-32-23-21-19-17-15-13-11-9-7-2/h23,32,43,45,50-51,55H,6-22,24-31,33-42,44,46-49H2,1-5H3,(H-,53,56,57,58)/b32-23-,45-43+. The molecule has 3 atom stereocenters. The third kappa shape index (κ3) is 46.8. The van der Waals surface area contributed by atoms with Crippen LogP contribution in [0.2, 0.25) is 0 Å². The molecule has 2 N–H and O–H groups in total. The molecule has 0 radical (unpaired) electrons. The third-order valence-corrected chi connectivity index (χ3v) is 12.9. The fourth-order valence-corrected chi connectivity index (χ4v) is 8.46. The van der Waals surface area contributed by atoms with Crippen LogP contribution < -0.4 is 10.2 Å². The number of unbranched alkanes of at least 4 members (excludes halogenated alkanes) is 33. The Hall–Kier alpha value is -1.02. The largest absolute Gasteiger partial charge is 0.756 e. The summed E-state index contributed by atoms with van der Waals surface area (Å²) in [5.74, 6) is -0.203. The number of likely N-dealkylation sites (N-methyl/N-ethyl adjacent to an activating group) is 1. The van der Waals surface area contributed by atoms with E-state index in [2.05, 4.69) is 31.3 Å². The Bertz CT molecular complexity index is 1050. The zero-order valence-electron chi connectivity index (χ0n) is 41.1. The Morgan fingerprint density at radius 3 is 1.28 bits per heavy atom. The molecule has 0 saturated heterocycles. The van der Waals surface area contributed by atoms with Crippen LogP contribution in [0.15, 0.2) is 24.3 Å². The van der Waals surface area contributed by atoms with Gasteiger partial charge in [0.05, 0.1) is 39.9 Å². The summed E-state index contributed by atoms with van der Waals surface area (Å²) in [6, 6.07) is -0.888. The molecule has 0 spiro atoms. The lowest BCUT2D eigenvalue weighted by molar-refractivity contribution is -0.870. The van der Waals surface area contributed by atoms with Crippen LogP contribution in [0.25, 0.3) is 0 Å². The van der Waals surface area contributed by atoms with Crippen molar-refractivity contribution in [3.8, 4) is 0 Å². The molecule has 0 saturated carbocycles. The molecule has 8 nitrogen and oxygen atoms in total. The van der Waals surface area contributed by atoms with Gasteiger partial charge in [-0.1, -0.05) is 224 Å². The average molecular weight is 883 g/mol. The molecule has 0 aromatic rings. The first-order chi connectivity index (χ1) is 29.5. The van der Waals surface area contributed by atoms with Crippen LogP contribution in [-0.2, 0) is 18.4 Å². The van der Waals surface area contributed by atoms with E-state index in [1.165, 1.54) is 180 Å². The van der Waals surface area contributed by atoms with E-state index in [4.69, 9.17) is 9.05 Å². The van der Waals surface area contributed by atoms with E-state index < -0.39 is 20.0 Å². The van der Waals surface area contributed by atoms with Crippen molar-refractivity contribution < 1.29 is 32.9 Å². The number of aliphatic hydroxyl groups is 1. The third-order valence-electron chi connectivity index (χ3n) is 11.9. The van der Waals surface area contributed by atoms with E-state index in [9.17, 15) is 19.4 Å². The zero-order valence-corrected chi connectivity index (χ0v) is 42.0. The number of rotatable bonds is 48. The minimum atomic E-state index is -4.59. The number of carbonyl (C=O) groups excluding carboxylic acids is 1. The number of carbonyl (C=O) groups is 1. The summed E-state index contributed by atoms with van der Waals surface area (Å²) < 4.78 is 23.3. The highest BCUT2D eigenvalue weighted by atomic mass is 31.2. The van der Waals surface area contributed by atoms with Crippen LogP contribution in [0.1, 0.15) is 251 Å². The van der Waals surface area contributed by atoms with Gasteiger partial charge in [-0.2, -0.15) is 0 Å². The molecule has 0 aromatic heterocycles. The predicted octanol–water partition coefficient (Wildman–Crippen LogP) is 14.6. The number of nitrogens with zero attached hydrogens (tertiary/aromatic N) is 1. The second-order valence-corrected chi connectivity index (χ2v) is 20.6. The molecule has 9 heteroatoms. The maximum Gasteiger partial charge on any atom is 0.268 e. The van der Waals surface area contributed by atoms with Crippen molar-refractivity contribution >= 4 is 13.7 Å². The first-order valence-electron chi connectivity index (χ1n) is 26.2. The van der Waals surface area contributed by atoms with Crippen LogP contribution in [0.5, 0.6) is 0 Å². The summed E-state index contributed by atoms with van der Waals surface area (Å²) in [4.78, 5) is 25.4. The Balaban J connectivity index is 4.27. The highest BCUT2D eigenvalue weighted by molar-refractivity contribution is 7.45. The molecule has 0 aliphatic heterocycles. The van der Waals surface area contributed by atoms with Gasteiger partial charge in [-0.3, -0.25) is 9.36 Å². The number of quaternary nitrogens is 1. The smallest absolute Gasteiger partial charge is 0.268 e. The van der Waals surface area contributed by atoms with E-state index in [-0.39, 0.29) is 19.1 Å². The zero-order chi connectivity index (χ0) is 45.0. The lowest BCUT2D eigenvalue weighted by Gasteiger charge is -2.29. The van der Waals surface area contributed by atoms with Gasteiger partial charge in [0.25, 0.3) is 7.82 Å². The van der Waals surface area contributed by atoms with Gasteiger partial charge >= 0.3 is 0 Å². The van der Waals surface area contributed by atoms with Gasteiger partial charge in [0.2, 0.25) is 5.91 Å². The number of aliphatic hydroxyl groups excluding tert-OH is 1. The number of allylic oxidation sites excluding steroid dienone is 3. The number of amides is 1. The Morgan fingerprint density at radius 2 is 0.902 bits per heavy atom. The average Bonchev–Trinajstić information content (AvgIpc) is 3.21. The summed E-state index contributed by atoms with van der Waals surface area (Å²) in [6.45, 7) is 4.66. The summed E-state index contributed by atoms with van der Waals surface area (Å²) in [5.41, 5.74) is 0. The maximum atomic E-state index is 12.9. The number of hydrogen-bond donors (Lipinski definition) is 2. The molecule has 3 unspecified atom stereocenters. The van der Waals surface area contributed by atoms with E-state index >= 15 is 0 Å². The molecule has 0 rings (SSSR count). The quantitative estimate of drug-likeness (QED) is 0.0273. The summed E-state index contributed by atoms with van der Waals surface area (Å²) in [5, 5.41) is 13.8. The molecule has 362 valence electrons. The summed E-state index contributed by atoms with van der Waals surface area (Å²) in [7, 11) is 1.26. The van der Waals surface area contributed by atoms with Crippen LogP contribution in [0.4, 0.5) is 0 Å². The monoisotopic (exact) mass is 883 g/mol. The predicted molar refractivity (Wildman–Crippen MR) is 261 cm³/mol. The van der Waals surface area contributed by atoms with Gasteiger partial charge in [-0.25, -0.2) is 0 Å².